The number of aryl methyl sites for hydroxylation is 1. The second-order valence-corrected chi connectivity index (χ2v) is 4.15. The first-order valence-electron chi connectivity index (χ1n) is 6.09. The molecule has 5 nitrogen and oxygen atoms in total. The van der Waals surface area contributed by atoms with Crippen LogP contribution in [0.5, 0.6) is 11.5 Å². The number of hydrogen-bond donors (Lipinski definition) is 0. The molecule has 0 aliphatic heterocycles. The number of nitro groups is 1. The van der Waals surface area contributed by atoms with Crippen LogP contribution in [0.15, 0.2) is 42.5 Å². The Hall–Kier alpha value is -2.87. The van der Waals surface area contributed by atoms with Gasteiger partial charge in [0.25, 0.3) is 0 Å². The maximum atomic E-state index is 11.0. The SMILES string of the molecule is CCc1cccc(Oc2cc(C#N)ccc2[N+](=O)[O-])c1. The lowest BCUT2D eigenvalue weighted by atomic mass is 10.1. The molecule has 20 heavy (non-hydrogen) atoms. The van der Waals surface area contributed by atoms with Gasteiger partial charge in [-0.3, -0.25) is 10.1 Å². The summed E-state index contributed by atoms with van der Waals surface area (Å²) < 4.78 is 5.56. The Morgan fingerprint density at radius 2 is 2.10 bits per heavy atom. The molecule has 100 valence electrons. The van der Waals surface area contributed by atoms with E-state index in [4.69, 9.17) is 10.00 Å². The lowest BCUT2D eigenvalue weighted by Gasteiger charge is -2.07. The third-order valence-corrected chi connectivity index (χ3v) is 2.82. The van der Waals surface area contributed by atoms with E-state index in [0.717, 1.165) is 12.0 Å². The maximum Gasteiger partial charge on any atom is 0.311 e. The first kappa shape index (κ1) is 13.6. The number of hydrogen-bond acceptors (Lipinski definition) is 4. The fourth-order valence-corrected chi connectivity index (χ4v) is 1.77. The van der Waals surface area contributed by atoms with Crippen LogP contribution in [0.25, 0.3) is 0 Å². The summed E-state index contributed by atoms with van der Waals surface area (Å²) in [4.78, 5) is 10.4. The van der Waals surface area contributed by atoms with E-state index in [1.807, 2.05) is 31.2 Å². The molecule has 0 aliphatic carbocycles. The minimum Gasteiger partial charge on any atom is -0.450 e. The van der Waals surface area contributed by atoms with Crippen LogP contribution < -0.4 is 4.74 Å². The second-order valence-electron chi connectivity index (χ2n) is 4.15. The summed E-state index contributed by atoms with van der Waals surface area (Å²) in [6, 6.07) is 13.3. The van der Waals surface area contributed by atoms with Crippen LogP contribution in [-0.4, -0.2) is 4.92 Å². The molecule has 0 saturated heterocycles. The molecular formula is C15H12N2O3. The molecule has 0 amide bonds. The third kappa shape index (κ3) is 2.93. The Labute approximate surface area is 116 Å². The van der Waals surface area contributed by atoms with Crippen molar-refractivity contribution in [1.82, 2.24) is 0 Å². The minimum absolute atomic E-state index is 0.0716. The number of nitriles is 1. The van der Waals surface area contributed by atoms with E-state index in [9.17, 15) is 10.1 Å². The highest BCUT2D eigenvalue weighted by molar-refractivity contribution is 5.53. The van der Waals surface area contributed by atoms with E-state index in [2.05, 4.69) is 0 Å². The topological polar surface area (TPSA) is 76.2 Å². The Kier molecular flexibility index (Phi) is 3.96. The largest absolute Gasteiger partial charge is 0.450 e. The van der Waals surface area contributed by atoms with E-state index in [-0.39, 0.29) is 11.4 Å². The summed E-state index contributed by atoms with van der Waals surface area (Å²) in [5.41, 5.74) is 1.23. The number of benzene rings is 2. The van der Waals surface area contributed by atoms with Crippen molar-refractivity contribution < 1.29 is 9.66 Å². The minimum atomic E-state index is -0.528. The predicted molar refractivity (Wildman–Crippen MR) is 73.7 cm³/mol. The Morgan fingerprint density at radius 3 is 2.75 bits per heavy atom. The fraction of sp³-hybridized carbons (Fsp3) is 0.133. The van der Waals surface area contributed by atoms with Crippen LogP contribution in [0, 0.1) is 21.4 Å². The zero-order chi connectivity index (χ0) is 14.5. The van der Waals surface area contributed by atoms with Gasteiger partial charge in [0.15, 0.2) is 0 Å². The van der Waals surface area contributed by atoms with Crippen molar-refractivity contribution in [3.05, 3.63) is 63.7 Å². The van der Waals surface area contributed by atoms with Crippen molar-refractivity contribution in [2.45, 2.75) is 13.3 Å². The molecule has 0 unspecified atom stereocenters. The lowest BCUT2D eigenvalue weighted by molar-refractivity contribution is -0.385. The lowest BCUT2D eigenvalue weighted by Crippen LogP contribution is -1.94. The molecule has 0 aliphatic rings. The summed E-state index contributed by atoms with van der Waals surface area (Å²) in [5, 5.41) is 19.8. The zero-order valence-corrected chi connectivity index (χ0v) is 10.9. The number of rotatable bonds is 4. The first-order valence-corrected chi connectivity index (χ1v) is 6.09. The number of nitro benzene ring substituents is 1. The highest BCUT2D eigenvalue weighted by atomic mass is 16.6. The average molecular weight is 268 g/mol. The standard InChI is InChI=1S/C15H12N2O3/c1-2-11-4-3-5-13(8-11)20-15-9-12(10-16)6-7-14(15)17(18)19/h3-9H,2H2,1H3. The van der Waals surface area contributed by atoms with Gasteiger partial charge in [-0.2, -0.15) is 5.26 Å². The summed E-state index contributed by atoms with van der Waals surface area (Å²) >= 11 is 0. The summed E-state index contributed by atoms with van der Waals surface area (Å²) in [5.74, 6) is 0.588. The molecule has 0 saturated carbocycles. The van der Waals surface area contributed by atoms with Crippen molar-refractivity contribution in [3.63, 3.8) is 0 Å². The van der Waals surface area contributed by atoms with Crippen molar-refractivity contribution in [2.75, 3.05) is 0 Å². The van der Waals surface area contributed by atoms with Gasteiger partial charge in [-0.15, -0.1) is 0 Å². The maximum absolute atomic E-state index is 11.0. The second kappa shape index (κ2) is 5.85. The average Bonchev–Trinajstić information content (AvgIpc) is 2.47. The monoisotopic (exact) mass is 268 g/mol. The first-order chi connectivity index (χ1) is 9.63. The van der Waals surface area contributed by atoms with Crippen LogP contribution in [0.2, 0.25) is 0 Å². The molecule has 0 heterocycles. The molecule has 0 atom stereocenters. The highest BCUT2D eigenvalue weighted by Crippen LogP contribution is 2.32. The molecule has 0 N–H and O–H groups in total. The Morgan fingerprint density at radius 1 is 1.30 bits per heavy atom. The smallest absolute Gasteiger partial charge is 0.311 e. The van der Waals surface area contributed by atoms with Crippen molar-refractivity contribution >= 4 is 5.69 Å². The number of nitrogens with zero attached hydrogens (tertiary/aromatic N) is 2. The molecule has 0 bridgehead atoms. The van der Waals surface area contributed by atoms with Gasteiger partial charge in [0, 0.05) is 12.1 Å². The van der Waals surface area contributed by atoms with Gasteiger partial charge < -0.3 is 4.74 Å². The molecule has 5 heteroatoms. The van der Waals surface area contributed by atoms with E-state index in [1.165, 1.54) is 18.2 Å². The van der Waals surface area contributed by atoms with Crippen LogP contribution in [0.3, 0.4) is 0 Å². The van der Waals surface area contributed by atoms with Crippen molar-refractivity contribution in [3.8, 4) is 17.6 Å². The van der Waals surface area contributed by atoms with Gasteiger partial charge in [0.2, 0.25) is 5.75 Å². The van der Waals surface area contributed by atoms with Gasteiger partial charge in [-0.1, -0.05) is 19.1 Å². The molecule has 2 aromatic rings. The normalized spacial score (nSPS) is 9.80. The molecule has 2 rings (SSSR count). The highest BCUT2D eigenvalue weighted by Gasteiger charge is 2.16. The number of ether oxygens (including phenoxy) is 1. The molecule has 2 aromatic carbocycles. The van der Waals surface area contributed by atoms with Gasteiger partial charge in [0.1, 0.15) is 5.75 Å². The van der Waals surface area contributed by atoms with Gasteiger partial charge in [-0.05, 0) is 30.2 Å². The predicted octanol–water partition coefficient (Wildman–Crippen LogP) is 3.82. The van der Waals surface area contributed by atoms with E-state index >= 15 is 0 Å². The third-order valence-electron chi connectivity index (χ3n) is 2.82. The summed E-state index contributed by atoms with van der Waals surface area (Å²) in [6.07, 6.45) is 0.845. The van der Waals surface area contributed by atoms with Crippen LogP contribution in [0.1, 0.15) is 18.1 Å². The van der Waals surface area contributed by atoms with Crippen LogP contribution in [-0.2, 0) is 6.42 Å². The van der Waals surface area contributed by atoms with Crippen molar-refractivity contribution in [2.24, 2.45) is 0 Å². The Balaban J connectivity index is 2.40. The Bertz CT molecular complexity index is 690. The quantitative estimate of drug-likeness (QED) is 0.623. The zero-order valence-electron chi connectivity index (χ0n) is 10.9. The van der Waals surface area contributed by atoms with E-state index in [0.29, 0.717) is 11.3 Å². The summed E-state index contributed by atoms with van der Waals surface area (Å²) in [6.45, 7) is 2.01. The van der Waals surface area contributed by atoms with E-state index in [1.54, 1.807) is 6.07 Å². The van der Waals surface area contributed by atoms with E-state index < -0.39 is 4.92 Å². The van der Waals surface area contributed by atoms with Gasteiger partial charge in [-0.25, -0.2) is 0 Å². The van der Waals surface area contributed by atoms with Gasteiger partial charge >= 0.3 is 5.69 Å². The van der Waals surface area contributed by atoms with Crippen molar-refractivity contribution in [1.29, 1.82) is 5.26 Å². The molecule has 0 spiro atoms. The molecule has 0 fully saturated rings. The van der Waals surface area contributed by atoms with Gasteiger partial charge in [0.05, 0.1) is 16.6 Å². The van der Waals surface area contributed by atoms with Crippen LogP contribution >= 0.6 is 0 Å². The summed E-state index contributed by atoms with van der Waals surface area (Å²) in [7, 11) is 0. The fourth-order valence-electron chi connectivity index (χ4n) is 1.77. The molecular weight excluding hydrogens is 256 g/mol. The molecule has 0 radical (unpaired) electrons. The molecule has 0 aromatic heterocycles. The van der Waals surface area contributed by atoms with Crippen LogP contribution in [0.4, 0.5) is 5.69 Å².